The maximum Gasteiger partial charge on any atom is 0.270 e. The van der Waals surface area contributed by atoms with Gasteiger partial charge in [0.05, 0.1) is 17.4 Å². The molecule has 0 radical (unpaired) electrons. The number of pyridine rings is 3. The quantitative estimate of drug-likeness (QED) is 0.334. The molecule has 204 valence electrons. The van der Waals surface area contributed by atoms with Crippen LogP contribution in [0.3, 0.4) is 0 Å². The van der Waals surface area contributed by atoms with Crippen LogP contribution in [0.5, 0.6) is 0 Å². The van der Waals surface area contributed by atoms with E-state index in [4.69, 9.17) is 10.1 Å². The third-order valence-electron chi connectivity index (χ3n) is 6.70. The van der Waals surface area contributed by atoms with Gasteiger partial charge in [0.15, 0.2) is 0 Å². The molecule has 1 aliphatic carbocycles. The molecule has 0 aliphatic heterocycles. The Balaban J connectivity index is 0.000000242. The molecule has 3 heterocycles. The number of anilines is 1. The van der Waals surface area contributed by atoms with Crippen molar-refractivity contribution in [3.63, 3.8) is 0 Å². The minimum Gasteiger partial charge on any atom is -0.390 e. The Morgan fingerprint density at radius 2 is 1.77 bits per heavy atom. The molecule has 0 amide bonds. The van der Waals surface area contributed by atoms with E-state index in [0.29, 0.717) is 16.7 Å². The van der Waals surface area contributed by atoms with Crippen molar-refractivity contribution in [2.75, 3.05) is 11.9 Å². The summed E-state index contributed by atoms with van der Waals surface area (Å²) in [5.74, 6) is 0. The van der Waals surface area contributed by atoms with Crippen molar-refractivity contribution in [3.05, 3.63) is 62.8 Å². The van der Waals surface area contributed by atoms with Gasteiger partial charge in [0.1, 0.15) is 34.5 Å². The molecule has 0 N–H and O–H groups in total. The molecule has 3 aromatic rings. The second kappa shape index (κ2) is 12.5. The highest BCUT2D eigenvalue weighted by Gasteiger charge is 2.25. The zero-order chi connectivity index (χ0) is 28.7. The number of rotatable bonds is 4. The van der Waals surface area contributed by atoms with Crippen LogP contribution in [0.2, 0.25) is 0 Å². The van der Waals surface area contributed by atoms with Gasteiger partial charge in [0.25, 0.3) is 5.56 Å². The smallest absolute Gasteiger partial charge is 0.270 e. The van der Waals surface area contributed by atoms with Gasteiger partial charge in [-0.1, -0.05) is 24.4 Å². The Labute approximate surface area is 230 Å². The molecule has 1 aliphatic rings. The van der Waals surface area contributed by atoms with E-state index in [1.807, 2.05) is 64.8 Å². The lowest BCUT2D eigenvalue weighted by atomic mass is 9.93. The zero-order valence-electron chi connectivity index (χ0n) is 23.9. The fourth-order valence-corrected chi connectivity index (χ4v) is 4.63. The standard InChI is InChI=1S/C18H19N5O.C12H18N2O/c1-22(13-6-4-3-5-7-13)17-14(11-20)18(24)23(2)15-9-8-12(10-19)21-16(15)17;1-9-6-7-11(10(2)14-9)8-13-15-12(3,4)5/h8-9,13H,3-7H2,1-2H3;6-8H,1-5H3/b;13-8+. The van der Waals surface area contributed by atoms with Gasteiger partial charge in [-0.2, -0.15) is 10.5 Å². The summed E-state index contributed by atoms with van der Waals surface area (Å²) in [7, 11) is 3.55. The molecule has 1 fully saturated rings. The average molecular weight is 528 g/mol. The fourth-order valence-electron chi connectivity index (χ4n) is 4.63. The Kier molecular flexibility index (Phi) is 9.42. The van der Waals surface area contributed by atoms with Gasteiger partial charge in [-0.05, 0) is 71.7 Å². The van der Waals surface area contributed by atoms with Crippen molar-refractivity contribution < 1.29 is 4.84 Å². The Morgan fingerprint density at radius 1 is 1.08 bits per heavy atom. The summed E-state index contributed by atoms with van der Waals surface area (Å²) in [5.41, 5.74) is 4.51. The summed E-state index contributed by atoms with van der Waals surface area (Å²) < 4.78 is 1.43. The maximum atomic E-state index is 12.6. The second-order valence-corrected chi connectivity index (χ2v) is 10.8. The predicted molar refractivity (Wildman–Crippen MR) is 154 cm³/mol. The van der Waals surface area contributed by atoms with Crippen molar-refractivity contribution in [3.8, 4) is 12.1 Å². The fraction of sp³-hybridized carbons (Fsp3) is 0.467. The van der Waals surface area contributed by atoms with Crippen molar-refractivity contribution in [2.24, 2.45) is 12.2 Å². The van der Waals surface area contributed by atoms with Crippen molar-refractivity contribution >= 4 is 22.9 Å². The largest absolute Gasteiger partial charge is 0.390 e. The lowest BCUT2D eigenvalue weighted by molar-refractivity contribution is 0.00198. The number of aromatic nitrogens is 3. The third-order valence-corrected chi connectivity index (χ3v) is 6.70. The van der Waals surface area contributed by atoms with E-state index in [0.717, 1.165) is 42.6 Å². The van der Waals surface area contributed by atoms with Crippen LogP contribution >= 0.6 is 0 Å². The highest BCUT2D eigenvalue weighted by molar-refractivity contribution is 5.92. The molecular formula is C30H37N7O2. The van der Waals surface area contributed by atoms with Crippen LogP contribution in [0.15, 0.2) is 34.2 Å². The Morgan fingerprint density at radius 3 is 2.36 bits per heavy atom. The summed E-state index contributed by atoms with van der Waals surface area (Å²) in [5, 5.41) is 22.7. The molecule has 9 heteroatoms. The normalized spacial score (nSPS) is 13.9. The number of hydrogen-bond donors (Lipinski definition) is 0. The minimum absolute atomic E-state index is 0.0978. The number of oxime groups is 1. The summed E-state index contributed by atoms with van der Waals surface area (Å²) in [4.78, 5) is 28.6. The topological polar surface area (TPSA) is 120 Å². The maximum absolute atomic E-state index is 12.6. The number of hydrogen-bond acceptors (Lipinski definition) is 8. The van der Waals surface area contributed by atoms with E-state index >= 15 is 0 Å². The first kappa shape index (κ1) is 29.3. The second-order valence-electron chi connectivity index (χ2n) is 10.8. The van der Waals surface area contributed by atoms with E-state index in [2.05, 4.69) is 21.2 Å². The molecule has 0 bridgehead atoms. The molecule has 0 atom stereocenters. The van der Waals surface area contributed by atoms with Crippen molar-refractivity contribution in [1.82, 2.24) is 14.5 Å². The van der Waals surface area contributed by atoms with Gasteiger partial charge in [-0.15, -0.1) is 0 Å². The molecule has 0 aromatic carbocycles. The monoisotopic (exact) mass is 527 g/mol. The highest BCUT2D eigenvalue weighted by atomic mass is 16.6. The van der Waals surface area contributed by atoms with E-state index in [-0.39, 0.29) is 28.5 Å². The first-order valence-electron chi connectivity index (χ1n) is 13.2. The van der Waals surface area contributed by atoms with Gasteiger partial charge >= 0.3 is 0 Å². The SMILES string of the molecule is CN(c1c(C#N)c(=O)n(C)c2ccc(C#N)nc12)C1CCCCC1.Cc1ccc(/C=N/OC(C)(C)C)c(C)n1. The van der Waals surface area contributed by atoms with E-state index in [1.54, 1.807) is 25.4 Å². The molecule has 9 nitrogen and oxygen atoms in total. The molecule has 1 saturated carbocycles. The molecule has 0 saturated heterocycles. The Hall–Kier alpha value is -4.24. The van der Waals surface area contributed by atoms with Crippen LogP contribution in [0.4, 0.5) is 5.69 Å². The zero-order valence-corrected chi connectivity index (χ0v) is 23.9. The van der Waals surface area contributed by atoms with Crippen molar-refractivity contribution in [1.29, 1.82) is 10.5 Å². The van der Waals surface area contributed by atoms with Gasteiger partial charge < -0.3 is 14.3 Å². The van der Waals surface area contributed by atoms with E-state index in [1.165, 1.54) is 11.0 Å². The first-order valence-corrected chi connectivity index (χ1v) is 13.2. The average Bonchev–Trinajstić information content (AvgIpc) is 2.91. The van der Waals surface area contributed by atoms with Crippen LogP contribution in [0, 0.1) is 36.5 Å². The minimum atomic E-state index is -0.325. The molecule has 39 heavy (non-hydrogen) atoms. The van der Waals surface area contributed by atoms with Crippen LogP contribution in [0.1, 0.15) is 81.1 Å². The lowest BCUT2D eigenvalue weighted by Crippen LogP contribution is -2.36. The molecular weight excluding hydrogens is 490 g/mol. The van der Waals surface area contributed by atoms with Crippen LogP contribution in [0.25, 0.3) is 11.0 Å². The molecule has 4 rings (SSSR count). The first-order chi connectivity index (χ1) is 18.5. The lowest BCUT2D eigenvalue weighted by Gasteiger charge is -2.33. The number of nitrogens with zero attached hydrogens (tertiary/aromatic N) is 7. The van der Waals surface area contributed by atoms with Gasteiger partial charge in [-0.3, -0.25) is 9.78 Å². The van der Waals surface area contributed by atoms with Gasteiger partial charge in [-0.25, -0.2) is 4.98 Å². The highest BCUT2D eigenvalue weighted by Crippen LogP contribution is 2.32. The van der Waals surface area contributed by atoms with Crippen LogP contribution in [-0.2, 0) is 11.9 Å². The predicted octanol–water partition coefficient (Wildman–Crippen LogP) is 5.29. The molecule has 0 spiro atoms. The summed E-state index contributed by atoms with van der Waals surface area (Å²) in [6, 6.07) is 11.7. The van der Waals surface area contributed by atoms with Gasteiger partial charge in [0.2, 0.25) is 0 Å². The van der Waals surface area contributed by atoms with Crippen LogP contribution < -0.4 is 10.5 Å². The number of aryl methyl sites for hydroxylation is 3. The van der Waals surface area contributed by atoms with Crippen molar-refractivity contribution in [2.45, 2.75) is 78.4 Å². The number of nitriles is 2. The number of fused-ring (bicyclic) bond motifs is 1. The summed E-state index contributed by atoms with van der Waals surface area (Å²) in [6.45, 7) is 9.82. The molecule has 0 unspecified atom stereocenters. The van der Waals surface area contributed by atoms with E-state index in [9.17, 15) is 10.1 Å². The molecule has 3 aromatic heterocycles. The van der Waals surface area contributed by atoms with Gasteiger partial charge in [0, 0.05) is 37.1 Å². The summed E-state index contributed by atoms with van der Waals surface area (Å²) in [6.07, 6.45) is 7.30. The third kappa shape index (κ3) is 7.20. The van der Waals surface area contributed by atoms with Crippen LogP contribution in [-0.4, -0.2) is 39.4 Å². The van der Waals surface area contributed by atoms with E-state index < -0.39 is 0 Å². The summed E-state index contributed by atoms with van der Waals surface area (Å²) >= 11 is 0. The Bertz CT molecular complexity index is 1500.